The van der Waals surface area contributed by atoms with Crippen LogP contribution in [-0.4, -0.2) is 22.6 Å². The van der Waals surface area contributed by atoms with Gasteiger partial charge >= 0.3 is 0 Å². The summed E-state index contributed by atoms with van der Waals surface area (Å²) in [5.74, 6) is 1.85. The Hall–Kier alpha value is -1.36. The lowest BCUT2D eigenvalue weighted by Gasteiger charge is -2.04. The monoisotopic (exact) mass is 207 g/mol. The highest BCUT2D eigenvalue weighted by atomic mass is 15.1. The molecule has 0 spiro atoms. The summed E-state index contributed by atoms with van der Waals surface area (Å²) in [6.07, 6.45) is 5.14. The summed E-state index contributed by atoms with van der Waals surface area (Å²) in [7, 11) is 0. The predicted molar refractivity (Wildman–Crippen MR) is 60.3 cm³/mol. The van der Waals surface area contributed by atoms with Crippen LogP contribution in [0.25, 0.3) is 0 Å². The van der Waals surface area contributed by atoms with Crippen LogP contribution in [0, 0.1) is 5.92 Å². The van der Waals surface area contributed by atoms with Gasteiger partial charge in [-0.05, 0) is 31.2 Å². The molecule has 1 fully saturated rings. The van der Waals surface area contributed by atoms with Gasteiger partial charge < -0.3 is 16.8 Å². The summed E-state index contributed by atoms with van der Waals surface area (Å²) in [5, 5.41) is 3.14. The molecule has 0 radical (unpaired) electrons. The molecular formula is C10H17N5. The van der Waals surface area contributed by atoms with Crippen LogP contribution in [0.4, 0.5) is 11.8 Å². The van der Waals surface area contributed by atoms with Crippen molar-refractivity contribution < 1.29 is 0 Å². The molecule has 5 N–H and O–H groups in total. The summed E-state index contributed by atoms with van der Waals surface area (Å²) in [6, 6.07) is 2.13. The number of hydrogen-bond acceptors (Lipinski definition) is 5. The average molecular weight is 207 g/mol. The Bertz CT molecular complexity index is 327. The van der Waals surface area contributed by atoms with Gasteiger partial charge in [-0.3, -0.25) is 0 Å². The van der Waals surface area contributed by atoms with Crippen LogP contribution in [0.2, 0.25) is 0 Å². The van der Waals surface area contributed by atoms with E-state index in [1.165, 1.54) is 12.8 Å². The van der Waals surface area contributed by atoms with Crippen molar-refractivity contribution in [3.05, 3.63) is 12.3 Å². The molecule has 0 amide bonds. The Morgan fingerprint density at radius 3 is 3.00 bits per heavy atom. The Kier molecular flexibility index (Phi) is 3.01. The largest absolute Gasteiger partial charge is 0.384 e. The molecule has 82 valence electrons. The van der Waals surface area contributed by atoms with Crippen molar-refractivity contribution in [2.75, 3.05) is 17.6 Å². The van der Waals surface area contributed by atoms with Crippen LogP contribution in [0.3, 0.4) is 0 Å². The molecule has 2 atom stereocenters. The number of anilines is 2. The zero-order valence-corrected chi connectivity index (χ0v) is 8.69. The molecule has 0 aromatic carbocycles. The number of nitrogens with two attached hydrogens (primary N) is 2. The van der Waals surface area contributed by atoms with Crippen LogP contribution in [0.5, 0.6) is 0 Å². The molecule has 5 heteroatoms. The second-order valence-corrected chi connectivity index (χ2v) is 4.03. The summed E-state index contributed by atoms with van der Waals surface area (Å²) >= 11 is 0. The quantitative estimate of drug-likeness (QED) is 0.615. The minimum atomic E-state index is 0.452. The zero-order valence-electron chi connectivity index (χ0n) is 8.69. The zero-order chi connectivity index (χ0) is 10.7. The van der Waals surface area contributed by atoms with E-state index in [9.17, 15) is 0 Å². The topological polar surface area (TPSA) is 89.8 Å². The van der Waals surface area contributed by atoms with Crippen molar-refractivity contribution in [1.29, 1.82) is 0 Å². The van der Waals surface area contributed by atoms with E-state index >= 15 is 0 Å². The molecule has 0 aliphatic heterocycles. The van der Waals surface area contributed by atoms with Gasteiger partial charge in [-0.15, -0.1) is 0 Å². The van der Waals surface area contributed by atoms with E-state index in [1.54, 1.807) is 12.3 Å². The maximum absolute atomic E-state index is 5.72. The van der Waals surface area contributed by atoms with Crippen LogP contribution in [0.1, 0.15) is 19.3 Å². The highest BCUT2D eigenvalue weighted by Crippen LogP contribution is 2.32. The minimum absolute atomic E-state index is 0.452. The lowest BCUT2D eigenvalue weighted by atomic mass is 10.2. The van der Waals surface area contributed by atoms with Crippen LogP contribution < -0.4 is 16.8 Å². The Labute approximate surface area is 89.3 Å². The molecule has 2 unspecified atom stereocenters. The van der Waals surface area contributed by atoms with Crippen LogP contribution >= 0.6 is 0 Å². The molecule has 15 heavy (non-hydrogen) atoms. The summed E-state index contributed by atoms with van der Waals surface area (Å²) in [5.41, 5.74) is 11.2. The molecular weight excluding hydrogens is 190 g/mol. The second-order valence-electron chi connectivity index (χ2n) is 4.03. The van der Waals surface area contributed by atoms with Gasteiger partial charge in [-0.25, -0.2) is 4.98 Å². The molecule has 5 nitrogen and oxygen atoms in total. The van der Waals surface area contributed by atoms with E-state index in [4.69, 9.17) is 11.5 Å². The van der Waals surface area contributed by atoms with Gasteiger partial charge in [0, 0.05) is 18.8 Å². The fraction of sp³-hybridized carbons (Fsp3) is 0.600. The van der Waals surface area contributed by atoms with Gasteiger partial charge in [0.1, 0.15) is 5.82 Å². The first-order chi connectivity index (χ1) is 7.25. The summed E-state index contributed by atoms with van der Waals surface area (Å²) in [6.45, 7) is 0.882. The highest BCUT2D eigenvalue weighted by Gasteiger charge is 2.32. The van der Waals surface area contributed by atoms with Gasteiger partial charge in [0.05, 0.1) is 0 Å². The number of nitrogens with zero attached hydrogens (tertiary/aromatic N) is 2. The standard InChI is InChI=1S/C10H17N5/c11-8-6-7(8)2-1-4-13-10-14-5-3-9(12)15-10/h3,5,7-8H,1-2,4,6,11H2,(H3,12,13,14,15). The maximum atomic E-state index is 5.72. The van der Waals surface area contributed by atoms with Gasteiger partial charge in [0.25, 0.3) is 0 Å². The first kappa shape index (κ1) is 10.2. The number of nitrogen functional groups attached to an aromatic ring is 1. The smallest absolute Gasteiger partial charge is 0.224 e. The van der Waals surface area contributed by atoms with Crippen molar-refractivity contribution in [2.24, 2.45) is 11.7 Å². The van der Waals surface area contributed by atoms with E-state index in [0.29, 0.717) is 17.8 Å². The Balaban J connectivity index is 1.65. The molecule has 1 aromatic heterocycles. The van der Waals surface area contributed by atoms with Crippen molar-refractivity contribution in [2.45, 2.75) is 25.3 Å². The molecule has 0 bridgehead atoms. The number of nitrogens with one attached hydrogen (secondary N) is 1. The molecule has 1 aromatic rings. The molecule has 1 heterocycles. The maximum Gasteiger partial charge on any atom is 0.224 e. The first-order valence-corrected chi connectivity index (χ1v) is 5.33. The minimum Gasteiger partial charge on any atom is -0.384 e. The van der Waals surface area contributed by atoms with E-state index in [2.05, 4.69) is 15.3 Å². The number of aromatic nitrogens is 2. The third kappa shape index (κ3) is 3.06. The van der Waals surface area contributed by atoms with Crippen LogP contribution in [-0.2, 0) is 0 Å². The van der Waals surface area contributed by atoms with E-state index < -0.39 is 0 Å². The molecule has 1 aliphatic carbocycles. The van der Waals surface area contributed by atoms with Gasteiger partial charge in [0.2, 0.25) is 5.95 Å². The second kappa shape index (κ2) is 4.44. The normalized spacial score (nSPS) is 23.8. The van der Waals surface area contributed by atoms with E-state index in [0.717, 1.165) is 18.9 Å². The average Bonchev–Trinajstić information content (AvgIpc) is 2.90. The molecule has 2 rings (SSSR count). The SMILES string of the molecule is Nc1ccnc(NCCCC2CC2N)n1. The van der Waals surface area contributed by atoms with E-state index in [1.807, 2.05) is 0 Å². The van der Waals surface area contributed by atoms with Crippen molar-refractivity contribution >= 4 is 11.8 Å². The fourth-order valence-corrected chi connectivity index (χ4v) is 1.63. The van der Waals surface area contributed by atoms with Crippen LogP contribution in [0.15, 0.2) is 12.3 Å². The van der Waals surface area contributed by atoms with Gasteiger partial charge in [-0.2, -0.15) is 4.98 Å². The summed E-state index contributed by atoms with van der Waals surface area (Å²) < 4.78 is 0. The fourth-order valence-electron chi connectivity index (χ4n) is 1.63. The van der Waals surface area contributed by atoms with Crippen molar-refractivity contribution in [3.8, 4) is 0 Å². The van der Waals surface area contributed by atoms with E-state index in [-0.39, 0.29) is 0 Å². The van der Waals surface area contributed by atoms with Gasteiger partial charge in [0.15, 0.2) is 0 Å². The Morgan fingerprint density at radius 1 is 1.53 bits per heavy atom. The Morgan fingerprint density at radius 2 is 2.33 bits per heavy atom. The number of hydrogen-bond donors (Lipinski definition) is 3. The van der Waals surface area contributed by atoms with Crippen molar-refractivity contribution in [3.63, 3.8) is 0 Å². The lowest BCUT2D eigenvalue weighted by molar-refractivity contribution is 0.665. The molecule has 1 saturated carbocycles. The van der Waals surface area contributed by atoms with Gasteiger partial charge in [-0.1, -0.05) is 0 Å². The third-order valence-electron chi connectivity index (χ3n) is 2.69. The summed E-state index contributed by atoms with van der Waals surface area (Å²) in [4.78, 5) is 8.11. The van der Waals surface area contributed by atoms with Crippen molar-refractivity contribution in [1.82, 2.24) is 9.97 Å². The number of rotatable bonds is 5. The first-order valence-electron chi connectivity index (χ1n) is 5.33. The highest BCUT2D eigenvalue weighted by molar-refractivity contribution is 5.34. The molecule has 1 aliphatic rings. The molecule has 0 saturated heterocycles. The lowest BCUT2D eigenvalue weighted by Crippen LogP contribution is -2.08. The third-order valence-corrected chi connectivity index (χ3v) is 2.69. The predicted octanol–water partition coefficient (Wildman–Crippen LogP) is 0.598.